The standard InChI is InChI=1S/C10H17NO5/c1-10(2,3)16-9(14)6-4-7(8(12)13)11(15)5-6/h6-7,15H,4-5H2,1-3H3,(H,12,13)/t6-,7+/m1/s1. The number of nitrogens with zero attached hydrogens (tertiary/aromatic N) is 1. The molecular weight excluding hydrogens is 214 g/mol. The molecule has 0 aromatic rings. The Morgan fingerprint density at radius 1 is 1.38 bits per heavy atom. The fourth-order valence-electron chi connectivity index (χ4n) is 1.60. The van der Waals surface area contributed by atoms with Gasteiger partial charge < -0.3 is 15.1 Å². The second-order valence-corrected chi connectivity index (χ2v) is 4.94. The molecule has 0 bridgehead atoms. The SMILES string of the molecule is CC(C)(C)OC(=O)[C@@H]1C[C@@H](C(=O)O)N(O)C1. The van der Waals surface area contributed by atoms with Crippen LogP contribution in [0.5, 0.6) is 0 Å². The van der Waals surface area contributed by atoms with Crippen LogP contribution in [0, 0.1) is 5.92 Å². The van der Waals surface area contributed by atoms with Crippen molar-refractivity contribution in [1.82, 2.24) is 5.06 Å². The maximum absolute atomic E-state index is 11.6. The van der Waals surface area contributed by atoms with Crippen molar-refractivity contribution in [2.24, 2.45) is 5.92 Å². The van der Waals surface area contributed by atoms with E-state index in [-0.39, 0.29) is 13.0 Å². The Hall–Kier alpha value is -1.14. The first-order valence-corrected chi connectivity index (χ1v) is 5.12. The number of carbonyl (C=O) groups excluding carboxylic acids is 1. The van der Waals surface area contributed by atoms with E-state index in [2.05, 4.69) is 0 Å². The molecule has 0 aliphatic carbocycles. The van der Waals surface area contributed by atoms with Gasteiger partial charge in [-0.05, 0) is 27.2 Å². The molecule has 1 saturated heterocycles. The Bertz CT molecular complexity index is 296. The van der Waals surface area contributed by atoms with Gasteiger partial charge in [-0.3, -0.25) is 9.59 Å². The normalized spacial score (nSPS) is 26.8. The number of esters is 1. The van der Waals surface area contributed by atoms with Gasteiger partial charge in [0.25, 0.3) is 0 Å². The number of hydrogen-bond acceptors (Lipinski definition) is 5. The highest BCUT2D eigenvalue weighted by molar-refractivity contribution is 5.78. The lowest BCUT2D eigenvalue weighted by Gasteiger charge is -2.21. The van der Waals surface area contributed by atoms with Crippen LogP contribution in [-0.4, -0.2) is 45.5 Å². The van der Waals surface area contributed by atoms with E-state index in [0.29, 0.717) is 5.06 Å². The molecule has 0 amide bonds. The Balaban J connectivity index is 2.58. The van der Waals surface area contributed by atoms with Crippen LogP contribution in [0.25, 0.3) is 0 Å². The largest absolute Gasteiger partial charge is 0.480 e. The molecule has 1 aliphatic heterocycles. The smallest absolute Gasteiger partial charge is 0.323 e. The van der Waals surface area contributed by atoms with Crippen molar-refractivity contribution in [3.05, 3.63) is 0 Å². The molecule has 6 heteroatoms. The average Bonchev–Trinajstić information content (AvgIpc) is 2.44. The van der Waals surface area contributed by atoms with Crippen LogP contribution >= 0.6 is 0 Å². The van der Waals surface area contributed by atoms with Gasteiger partial charge in [0.2, 0.25) is 0 Å². The molecule has 0 spiro atoms. The summed E-state index contributed by atoms with van der Waals surface area (Å²) in [5, 5.41) is 18.8. The molecule has 1 rings (SSSR count). The Morgan fingerprint density at radius 2 is 1.94 bits per heavy atom. The third-order valence-electron chi connectivity index (χ3n) is 2.30. The summed E-state index contributed by atoms with van der Waals surface area (Å²) >= 11 is 0. The molecule has 0 unspecified atom stereocenters. The van der Waals surface area contributed by atoms with E-state index < -0.39 is 29.5 Å². The van der Waals surface area contributed by atoms with E-state index in [1.807, 2.05) is 0 Å². The van der Waals surface area contributed by atoms with Crippen LogP contribution < -0.4 is 0 Å². The van der Waals surface area contributed by atoms with Crippen LogP contribution in [0.2, 0.25) is 0 Å². The summed E-state index contributed by atoms with van der Waals surface area (Å²) in [6, 6.07) is -1.02. The van der Waals surface area contributed by atoms with Gasteiger partial charge in [0.15, 0.2) is 0 Å². The lowest BCUT2D eigenvalue weighted by Crippen LogP contribution is -2.33. The minimum atomic E-state index is -1.13. The highest BCUT2D eigenvalue weighted by Gasteiger charge is 2.41. The zero-order chi connectivity index (χ0) is 12.5. The van der Waals surface area contributed by atoms with Gasteiger partial charge in [0.1, 0.15) is 11.6 Å². The second-order valence-electron chi connectivity index (χ2n) is 4.94. The van der Waals surface area contributed by atoms with E-state index >= 15 is 0 Å². The number of hydrogen-bond donors (Lipinski definition) is 2. The van der Waals surface area contributed by atoms with Gasteiger partial charge in [-0.15, -0.1) is 0 Å². The van der Waals surface area contributed by atoms with Crippen LogP contribution in [0.4, 0.5) is 0 Å². The molecule has 6 nitrogen and oxygen atoms in total. The lowest BCUT2D eigenvalue weighted by atomic mass is 10.1. The van der Waals surface area contributed by atoms with Gasteiger partial charge in [-0.1, -0.05) is 0 Å². The molecule has 2 N–H and O–H groups in total. The van der Waals surface area contributed by atoms with Gasteiger partial charge in [0.05, 0.1) is 5.92 Å². The second kappa shape index (κ2) is 4.39. The van der Waals surface area contributed by atoms with Crippen molar-refractivity contribution in [2.45, 2.75) is 38.8 Å². The predicted molar refractivity (Wildman–Crippen MR) is 53.9 cm³/mol. The number of carboxylic acids is 1. The average molecular weight is 231 g/mol. The van der Waals surface area contributed by atoms with Gasteiger partial charge in [-0.2, -0.15) is 5.06 Å². The van der Waals surface area contributed by atoms with E-state index in [1.165, 1.54) is 0 Å². The van der Waals surface area contributed by atoms with Crippen LogP contribution in [0.1, 0.15) is 27.2 Å². The zero-order valence-electron chi connectivity index (χ0n) is 9.64. The Labute approximate surface area is 93.8 Å². The van der Waals surface area contributed by atoms with E-state index in [4.69, 9.17) is 9.84 Å². The molecule has 2 atom stereocenters. The van der Waals surface area contributed by atoms with Crippen molar-refractivity contribution < 1.29 is 24.6 Å². The highest BCUT2D eigenvalue weighted by atomic mass is 16.6. The lowest BCUT2D eigenvalue weighted by molar-refractivity contribution is -0.165. The summed E-state index contributed by atoms with van der Waals surface area (Å²) in [7, 11) is 0. The molecule has 1 aliphatic rings. The van der Waals surface area contributed by atoms with E-state index in [0.717, 1.165) is 0 Å². The van der Waals surface area contributed by atoms with Crippen LogP contribution in [-0.2, 0) is 14.3 Å². The number of ether oxygens (including phenoxy) is 1. The molecule has 0 radical (unpaired) electrons. The monoisotopic (exact) mass is 231 g/mol. The predicted octanol–water partition coefficient (Wildman–Crippen LogP) is 0.492. The summed E-state index contributed by atoms with van der Waals surface area (Å²) in [5.74, 6) is -2.17. The molecule has 16 heavy (non-hydrogen) atoms. The first-order chi connectivity index (χ1) is 7.20. The third kappa shape index (κ3) is 3.18. The maximum Gasteiger partial charge on any atom is 0.323 e. The molecule has 92 valence electrons. The number of carboxylic acid groups (broad SMARTS) is 1. The minimum Gasteiger partial charge on any atom is -0.480 e. The fraction of sp³-hybridized carbons (Fsp3) is 0.800. The quantitative estimate of drug-likeness (QED) is 0.673. The third-order valence-corrected chi connectivity index (χ3v) is 2.30. The molecule has 1 heterocycles. The van der Waals surface area contributed by atoms with E-state index in [1.54, 1.807) is 20.8 Å². The molecule has 0 aromatic heterocycles. The number of rotatable bonds is 2. The minimum absolute atomic E-state index is 0.00583. The fourth-order valence-corrected chi connectivity index (χ4v) is 1.60. The van der Waals surface area contributed by atoms with Crippen molar-refractivity contribution in [1.29, 1.82) is 0 Å². The van der Waals surface area contributed by atoms with Crippen molar-refractivity contribution in [2.75, 3.05) is 6.54 Å². The summed E-state index contributed by atoms with van der Waals surface area (Å²) < 4.78 is 5.13. The number of hydroxylamine groups is 2. The van der Waals surface area contributed by atoms with Crippen LogP contribution in [0.15, 0.2) is 0 Å². The summed E-state index contributed by atoms with van der Waals surface area (Å²) in [5.41, 5.74) is -0.599. The maximum atomic E-state index is 11.6. The number of aliphatic carboxylic acids is 1. The van der Waals surface area contributed by atoms with Gasteiger partial charge >= 0.3 is 11.9 Å². The summed E-state index contributed by atoms with van der Waals surface area (Å²) in [6.07, 6.45) is 0.0841. The van der Waals surface area contributed by atoms with Crippen molar-refractivity contribution >= 4 is 11.9 Å². The van der Waals surface area contributed by atoms with Gasteiger partial charge in [-0.25, -0.2) is 0 Å². The molecule has 0 saturated carbocycles. The summed E-state index contributed by atoms with van der Waals surface area (Å²) in [6.45, 7) is 5.23. The van der Waals surface area contributed by atoms with Crippen LogP contribution in [0.3, 0.4) is 0 Å². The zero-order valence-corrected chi connectivity index (χ0v) is 9.64. The molecule has 0 aromatic carbocycles. The highest BCUT2D eigenvalue weighted by Crippen LogP contribution is 2.24. The topological polar surface area (TPSA) is 87.1 Å². The van der Waals surface area contributed by atoms with Crippen molar-refractivity contribution in [3.8, 4) is 0 Å². The first kappa shape index (κ1) is 12.9. The molecule has 1 fully saturated rings. The van der Waals surface area contributed by atoms with E-state index in [9.17, 15) is 14.8 Å². The number of carbonyl (C=O) groups is 2. The Morgan fingerprint density at radius 3 is 2.31 bits per heavy atom. The van der Waals surface area contributed by atoms with Gasteiger partial charge in [0, 0.05) is 6.54 Å². The first-order valence-electron chi connectivity index (χ1n) is 5.12. The Kier molecular flexibility index (Phi) is 3.54. The van der Waals surface area contributed by atoms with Crippen molar-refractivity contribution in [3.63, 3.8) is 0 Å². The molecular formula is C10H17NO5. The summed E-state index contributed by atoms with van der Waals surface area (Å²) in [4.78, 5) is 22.3.